The number of ether oxygens (including phenoxy) is 1. The molecule has 1 atom stereocenters. The Morgan fingerprint density at radius 3 is 2.19 bits per heavy atom. The van der Waals surface area contributed by atoms with Gasteiger partial charge in [-0.3, -0.25) is 9.69 Å². The third kappa shape index (κ3) is 9.06. The number of halogens is 4. The van der Waals surface area contributed by atoms with Gasteiger partial charge in [0, 0.05) is 16.9 Å². The molecule has 226 valence electrons. The Morgan fingerprint density at radius 1 is 0.930 bits per heavy atom. The van der Waals surface area contributed by atoms with Crippen LogP contribution in [0.1, 0.15) is 47.2 Å². The first kappa shape index (κ1) is 31.1. The number of nitrogens with zero attached hydrogens (tertiary/aromatic N) is 1. The van der Waals surface area contributed by atoms with Gasteiger partial charge in [-0.05, 0) is 90.9 Å². The van der Waals surface area contributed by atoms with E-state index in [0.29, 0.717) is 11.3 Å². The molecule has 3 N–H and O–H groups in total. The molecule has 4 rings (SSSR count). The molecule has 0 radical (unpaired) electrons. The minimum absolute atomic E-state index is 0.0661. The number of carboxylic acid groups (broad SMARTS) is 1. The van der Waals surface area contributed by atoms with Crippen molar-refractivity contribution < 1.29 is 41.8 Å². The zero-order chi connectivity index (χ0) is 31.0. The van der Waals surface area contributed by atoms with Gasteiger partial charge in [0.05, 0.1) is 13.1 Å². The van der Waals surface area contributed by atoms with Crippen molar-refractivity contribution in [1.29, 1.82) is 0 Å². The molecule has 1 unspecified atom stereocenters. The van der Waals surface area contributed by atoms with E-state index in [2.05, 4.69) is 21.4 Å². The first-order valence-electron chi connectivity index (χ1n) is 13.5. The van der Waals surface area contributed by atoms with Crippen molar-refractivity contribution in [2.24, 2.45) is 0 Å². The van der Waals surface area contributed by atoms with Crippen molar-refractivity contribution >= 4 is 34.9 Å². The van der Waals surface area contributed by atoms with E-state index < -0.39 is 42.7 Å². The number of allylic oxidation sites excluding steroid dienone is 2. The quantitative estimate of drug-likeness (QED) is 0.219. The van der Waals surface area contributed by atoms with Crippen LogP contribution in [0.5, 0.6) is 5.75 Å². The third-order valence-corrected chi connectivity index (χ3v) is 6.69. The second-order valence-electron chi connectivity index (χ2n) is 9.82. The molecule has 12 heteroatoms. The molecule has 1 aliphatic rings. The molecule has 43 heavy (non-hydrogen) atoms. The number of anilines is 2. The molecule has 0 bridgehead atoms. The topological polar surface area (TPSA) is 108 Å². The highest BCUT2D eigenvalue weighted by atomic mass is 19.4. The fourth-order valence-electron chi connectivity index (χ4n) is 4.48. The average Bonchev–Trinajstić information content (AvgIpc) is 2.99. The number of urea groups is 1. The SMILES string of the molecule is O=C(NCC(F)C(=O)O)c1ccc(CN(C(=O)Nc2ccc(OC(F)(F)F)cc2)c2ccc(C3=CCCCC3)cc2)cc1. The fourth-order valence-corrected chi connectivity index (χ4v) is 4.48. The lowest BCUT2D eigenvalue weighted by molar-refractivity contribution is -0.274. The molecule has 0 saturated carbocycles. The number of benzene rings is 3. The predicted octanol–water partition coefficient (Wildman–Crippen LogP) is 6.93. The average molecular weight is 600 g/mol. The highest BCUT2D eigenvalue weighted by molar-refractivity contribution is 6.02. The molecule has 3 amide bonds. The summed E-state index contributed by atoms with van der Waals surface area (Å²) in [6.45, 7) is -0.614. The summed E-state index contributed by atoms with van der Waals surface area (Å²) in [7, 11) is 0. The summed E-state index contributed by atoms with van der Waals surface area (Å²) in [6, 6.07) is 17.8. The van der Waals surface area contributed by atoms with Gasteiger partial charge in [-0.1, -0.05) is 30.3 Å². The minimum atomic E-state index is -4.84. The molecule has 1 aliphatic carbocycles. The van der Waals surface area contributed by atoms with E-state index in [4.69, 9.17) is 5.11 Å². The predicted molar refractivity (Wildman–Crippen MR) is 153 cm³/mol. The smallest absolute Gasteiger partial charge is 0.479 e. The number of rotatable bonds is 10. The van der Waals surface area contributed by atoms with Crippen molar-refractivity contribution in [1.82, 2.24) is 5.32 Å². The van der Waals surface area contributed by atoms with Gasteiger partial charge in [0.2, 0.25) is 6.17 Å². The maximum Gasteiger partial charge on any atom is 0.573 e. The molecule has 8 nitrogen and oxygen atoms in total. The van der Waals surface area contributed by atoms with Gasteiger partial charge in [0.25, 0.3) is 5.91 Å². The van der Waals surface area contributed by atoms with Crippen LogP contribution < -0.4 is 20.3 Å². The first-order valence-corrected chi connectivity index (χ1v) is 13.5. The molecular formula is C31H29F4N3O5. The normalized spacial score (nSPS) is 13.8. The van der Waals surface area contributed by atoms with Crippen LogP contribution in [0.2, 0.25) is 0 Å². The summed E-state index contributed by atoms with van der Waals surface area (Å²) in [6.07, 6.45) is -0.618. The summed E-state index contributed by atoms with van der Waals surface area (Å²) < 4.78 is 54.7. The fraction of sp³-hybridized carbons (Fsp3) is 0.258. The number of aliphatic carboxylic acids is 1. The molecule has 3 aromatic rings. The maximum atomic E-state index is 13.4. The number of hydrogen-bond donors (Lipinski definition) is 3. The lowest BCUT2D eigenvalue weighted by Gasteiger charge is -2.24. The summed E-state index contributed by atoms with van der Waals surface area (Å²) >= 11 is 0. The van der Waals surface area contributed by atoms with Crippen LogP contribution >= 0.6 is 0 Å². The Bertz CT molecular complexity index is 1460. The number of alkyl halides is 4. The lowest BCUT2D eigenvalue weighted by Crippen LogP contribution is -2.35. The summed E-state index contributed by atoms with van der Waals surface area (Å²) in [4.78, 5) is 37.8. The highest BCUT2D eigenvalue weighted by Gasteiger charge is 2.31. The largest absolute Gasteiger partial charge is 0.573 e. The van der Waals surface area contributed by atoms with Crippen LogP contribution in [0.25, 0.3) is 5.57 Å². The number of nitrogens with one attached hydrogen (secondary N) is 2. The van der Waals surface area contributed by atoms with E-state index in [-0.39, 0.29) is 17.8 Å². The number of carbonyl (C=O) groups is 3. The van der Waals surface area contributed by atoms with E-state index in [1.54, 1.807) is 12.1 Å². The number of carboxylic acids is 1. The standard InChI is InChI=1S/C31H29F4N3O5/c32-27(29(40)41)18-36-28(39)23-8-6-20(7-9-23)19-38(25-14-10-22(11-15-25)21-4-2-1-3-5-21)30(42)37-24-12-16-26(17-13-24)43-31(33,34)35/h4,6-17,27H,1-3,5,18-19H2,(H,36,39)(H,37,42)(H,40,41). The van der Waals surface area contributed by atoms with Crippen molar-refractivity contribution in [3.63, 3.8) is 0 Å². The number of amides is 3. The molecule has 0 saturated heterocycles. The van der Waals surface area contributed by atoms with Crippen LogP contribution in [0.15, 0.2) is 78.9 Å². The Balaban J connectivity index is 1.52. The van der Waals surface area contributed by atoms with Crippen LogP contribution in [0, 0.1) is 0 Å². The zero-order valence-electron chi connectivity index (χ0n) is 22.9. The van der Waals surface area contributed by atoms with Crippen LogP contribution in [0.3, 0.4) is 0 Å². The van der Waals surface area contributed by atoms with Crippen molar-refractivity contribution in [2.75, 3.05) is 16.8 Å². The Labute approximate surface area is 245 Å². The van der Waals surface area contributed by atoms with Crippen molar-refractivity contribution in [3.8, 4) is 5.75 Å². The van der Waals surface area contributed by atoms with Gasteiger partial charge in [-0.2, -0.15) is 0 Å². The van der Waals surface area contributed by atoms with Gasteiger partial charge in [0.15, 0.2) is 0 Å². The summed E-state index contributed by atoms with van der Waals surface area (Å²) in [5, 5.41) is 13.5. The molecule has 0 aliphatic heterocycles. The van der Waals surface area contributed by atoms with Crippen molar-refractivity contribution in [2.45, 2.75) is 44.8 Å². The Morgan fingerprint density at radius 2 is 1.60 bits per heavy atom. The van der Waals surface area contributed by atoms with Crippen LogP contribution in [0.4, 0.5) is 33.7 Å². The summed E-state index contributed by atoms with van der Waals surface area (Å²) in [5.41, 5.74) is 3.90. The first-order chi connectivity index (χ1) is 20.5. The van der Waals surface area contributed by atoms with E-state index in [9.17, 15) is 31.9 Å². The van der Waals surface area contributed by atoms with Gasteiger partial charge in [-0.15, -0.1) is 13.2 Å². The third-order valence-electron chi connectivity index (χ3n) is 6.69. The van der Waals surface area contributed by atoms with Crippen molar-refractivity contribution in [3.05, 3.63) is 95.6 Å². The Kier molecular flexibility index (Phi) is 10.0. The molecular weight excluding hydrogens is 570 g/mol. The molecule has 0 aromatic heterocycles. The van der Waals surface area contributed by atoms with Gasteiger partial charge >= 0.3 is 18.4 Å². The number of hydrogen-bond acceptors (Lipinski definition) is 4. The van der Waals surface area contributed by atoms with E-state index in [1.165, 1.54) is 34.7 Å². The van der Waals surface area contributed by atoms with E-state index >= 15 is 0 Å². The second-order valence-corrected chi connectivity index (χ2v) is 9.82. The number of carbonyl (C=O) groups excluding carboxylic acids is 2. The summed E-state index contributed by atoms with van der Waals surface area (Å²) in [5.74, 6) is -2.76. The maximum absolute atomic E-state index is 13.4. The molecule has 0 fully saturated rings. The van der Waals surface area contributed by atoms with Gasteiger partial charge in [0.1, 0.15) is 5.75 Å². The monoisotopic (exact) mass is 599 g/mol. The van der Waals surface area contributed by atoms with E-state index in [1.807, 2.05) is 24.3 Å². The van der Waals surface area contributed by atoms with E-state index in [0.717, 1.165) is 43.4 Å². The minimum Gasteiger partial charge on any atom is -0.479 e. The highest BCUT2D eigenvalue weighted by Crippen LogP contribution is 2.29. The molecule has 0 heterocycles. The molecule has 3 aromatic carbocycles. The Hall–Kier alpha value is -4.87. The van der Waals surface area contributed by atoms with Gasteiger partial charge in [-0.25, -0.2) is 14.0 Å². The second kappa shape index (κ2) is 13.9. The van der Waals surface area contributed by atoms with Crippen LogP contribution in [-0.2, 0) is 11.3 Å². The van der Waals surface area contributed by atoms with Gasteiger partial charge < -0.3 is 20.5 Å². The lowest BCUT2D eigenvalue weighted by atomic mass is 9.93. The van der Waals surface area contributed by atoms with Crippen LogP contribution in [-0.4, -0.2) is 42.1 Å². The zero-order valence-corrected chi connectivity index (χ0v) is 22.9. The molecule has 0 spiro atoms.